The highest BCUT2D eigenvalue weighted by molar-refractivity contribution is 7.20. The zero-order chi connectivity index (χ0) is 13.8. The zero-order valence-electron chi connectivity index (χ0n) is 11.0. The molecular weight excluding hydrogens is 300 g/mol. The number of thiophene rings is 1. The molecule has 2 aromatic rings. The molecule has 0 aliphatic rings. The molecule has 0 unspecified atom stereocenters. The highest BCUT2D eigenvalue weighted by atomic mass is 35.5. The molecule has 0 atom stereocenters. The highest BCUT2D eigenvalue weighted by Gasteiger charge is 2.08. The number of nitrogens with one attached hydrogen (secondary N) is 1. The first-order valence-corrected chi connectivity index (χ1v) is 6.23. The topological polar surface area (TPSA) is 83.9 Å². The molecule has 0 fully saturated rings. The van der Waals surface area contributed by atoms with Crippen LogP contribution in [0.4, 0.5) is 0 Å². The second-order valence-electron chi connectivity index (χ2n) is 3.65. The van der Waals surface area contributed by atoms with Crippen molar-refractivity contribution in [2.24, 2.45) is 10.9 Å². The smallest absolute Gasteiger partial charge is 0.162 e. The molecule has 0 spiro atoms. The summed E-state index contributed by atoms with van der Waals surface area (Å²) in [5, 5.41) is 12.8. The van der Waals surface area contributed by atoms with Gasteiger partial charge in [0.2, 0.25) is 0 Å². The average Bonchev–Trinajstić information content (AvgIpc) is 2.84. The molecule has 1 aromatic heterocycles. The normalized spacial score (nSPS) is 10.3. The third-order valence-corrected chi connectivity index (χ3v) is 3.52. The summed E-state index contributed by atoms with van der Waals surface area (Å²) < 4.78 is 11.6. The van der Waals surface area contributed by atoms with Gasteiger partial charge in [-0.3, -0.25) is 5.41 Å². The molecule has 1 aromatic carbocycles. The van der Waals surface area contributed by atoms with Crippen molar-refractivity contribution in [1.82, 2.24) is 5.12 Å². The Morgan fingerprint density at radius 2 is 1.90 bits per heavy atom. The third kappa shape index (κ3) is 3.38. The van der Waals surface area contributed by atoms with E-state index >= 15 is 0 Å². The van der Waals surface area contributed by atoms with Crippen molar-refractivity contribution in [3.05, 3.63) is 23.1 Å². The van der Waals surface area contributed by atoms with E-state index in [1.165, 1.54) is 0 Å². The Kier molecular flexibility index (Phi) is 5.75. The van der Waals surface area contributed by atoms with Crippen molar-refractivity contribution in [3.8, 4) is 11.5 Å². The summed E-state index contributed by atoms with van der Waals surface area (Å²) in [6.07, 6.45) is 2.53. The van der Waals surface area contributed by atoms with Crippen LogP contribution in [0.25, 0.3) is 10.1 Å². The van der Waals surface area contributed by atoms with E-state index < -0.39 is 0 Å². The molecule has 1 heterocycles. The minimum atomic E-state index is 0. The van der Waals surface area contributed by atoms with Crippen molar-refractivity contribution in [3.63, 3.8) is 0 Å². The van der Waals surface area contributed by atoms with Crippen molar-refractivity contribution in [2.75, 3.05) is 14.2 Å². The summed E-state index contributed by atoms with van der Waals surface area (Å²) >= 11 is 1.56. The van der Waals surface area contributed by atoms with Crippen molar-refractivity contribution in [2.45, 2.75) is 0 Å². The first-order chi connectivity index (χ1) is 9.17. The number of methoxy groups -OCH3 is 2. The van der Waals surface area contributed by atoms with Crippen molar-refractivity contribution < 1.29 is 9.47 Å². The largest absolute Gasteiger partial charge is 0.493 e. The van der Waals surface area contributed by atoms with Crippen LogP contribution in [0.2, 0.25) is 0 Å². The fourth-order valence-electron chi connectivity index (χ4n) is 1.61. The van der Waals surface area contributed by atoms with Crippen LogP contribution < -0.4 is 15.3 Å². The number of hydrogen-bond donors (Lipinski definition) is 2. The summed E-state index contributed by atoms with van der Waals surface area (Å²) in [7, 11) is 3.21. The van der Waals surface area contributed by atoms with Gasteiger partial charge in [0.25, 0.3) is 0 Å². The summed E-state index contributed by atoms with van der Waals surface area (Å²) in [4.78, 5) is 0.933. The first kappa shape index (κ1) is 16.2. The predicted molar refractivity (Wildman–Crippen MR) is 84.6 cm³/mol. The van der Waals surface area contributed by atoms with Crippen LogP contribution in [0.5, 0.6) is 11.5 Å². The number of benzene rings is 1. The molecule has 0 radical (unpaired) electrons. The lowest BCUT2D eigenvalue weighted by Crippen LogP contribution is -2.22. The van der Waals surface area contributed by atoms with Gasteiger partial charge in [-0.05, 0) is 17.5 Å². The van der Waals surface area contributed by atoms with Crippen LogP contribution in [-0.4, -0.2) is 31.9 Å². The number of nitrogens with two attached hydrogens (primary N) is 1. The zero-order valence-corrected chi connectivity index (χ0v) is 12.6. The van der Waals surface area contributed by atoms with Crippen molar-refractivity contribution in [1.29, 1.82) is 5.41 Å². The molecule has 0 saturated heterocycles. The molecule has 0 saturated carbocycles. The van der Waals surface area contributed by atoms with E-state index in [9.17, 15) is 0 Å². The Morgan fingerprint density at radius 3 is 2.50 bits per heavy atom. The van der Waals surface area contributed by atoms with Crippen LogP contribution in [0.15, 0.2) is 23.3 Å². The molecule has 6 nitrogen and oxygen atoms in total. The molecule has 20 heavy (non-hydrogen) atoms. The lowest BCUT2D eigenvalue weighted by Gasteiger charge is -2.06. The second kappa shape index (κ2) is 7.09. The molecule has 0 bridgehead atoms. The molecule has 0 aliphatic carbocycles. The van der Waals surface area contributed by atoms with Gasteiger partial charge < -0.3 is 9.47 Å². The van der Waals surface area contributed by atoms with E-state index in [2.05, 4.69) is 5.10 Å². The van der Waals surface area contributed by atoms with Gasteiger partial charge in [-0.25, -0.2) is 5.84 Å². The number of halogens is 1. The quantitative estimate of drug-likeness (QED) is 0.384. The molecule has 0 amide bonds. The monoisotopic (exact) mass is 314 g/mol. The van der Waals surface area contributed by atoms with Crippen LogP contribution in [-0.2, 0) is 0 Å². The Hall–Kier alpha value is -1.83. The number of ether oxygens (including phenoxy) is 2. The summed E-state index contributed by atoms with van der Waals surface area (Å²) in [6, 6.07) is 5.81. The number of hydrazine groups is 1. The molecule has 3 N–H and O–H groups in total. The number of hydrogen-bond acceptors (Lipinski definition) is 6. The van der Waals surface area contributed by atoms with E-state index in [0.29, 0.717) is 11.5 Å². The summed E-state index contributed by atoms with van der Waals surface area (Å²) in [5.41, 5.74) is 0. The summed E-state index contributed by atoms with van der Waals surface area (Å²) in [5.74, 6) is 6.75. The first-order valence-electron chi connectivity index (χ1n) is 5.42. The number of hydrazone groups is 1. The van der Waals surface area contributed by atoms with Gasteiger partial charge in [0.05, 0.1) is 20.4 Å². The molecule has 8 heteroatoms. The molecule has 0 aliphatic heterocycles. The van der Waals surface area contributed by atoms with Crippen LogP contribution >= 0.6 is 23.7 Å². The second-order valence-corrected chi connectivity index (χ2v) is 4.76. The van der Waals surface area contributed by atoms with E-state index in [-0.39, 0.29) is 12.4 Å². The summed E-state index contributed by atoms with van der Waals surface area (Å²) in [6.45, 7) is 0. The third-order valence-electron chi connectivity index (χ3n) is 2.49. The maximum absolute atomic E-state index is 6.92. The van der Waals surface area contributed by atoms with Gasteiger partial charge in [0.15, 0.2) is 11.5 Å². The lowest BCUT2D eigenvalue weighted by molar-refractivity contribution is 0.356. The van der Waals surface area contributed by atoms with E-state index in [1.54, 1.807) is 31.8 Å². The van der Waals surface area contributed by atoms with Gasteiger partial charge in [-0.15, -0.1) is 23.7 Å². The number of rotatable bonds is 5. The lowest BCUT2D eigenvalue weighted by atomic mass is 10.2. The maximum atomic E-state index is 6.92. The van der Waals surface area contributed by atoms with Gasteiger partial charge in [0.1, 0.15) is 6.34 Å². The molecule has 108 valence electrons. The molecular formula is C12H15ClN4O2S. The average molecular weight is 315 g/mol. The Morgan fingerprint density at radius 1 is 1.25 bits per heavy atom. The highest BCUT2D eigenvalue weighted by Crippen LogP contribution is 2.35. The van der Waals surface area contributed by atoms with Crippen molar-refractivity contribution >= 4 is 46.4 Å². The fourth-order valence-corrected chi connectivity index (χ4v) is 2.55. The fraction of sp³-hybridized carbons (Fsp3) is 0.167. The Balaban J connectivity index is 0.00000200. The maximum Gasteiger partial charge on any atom is 0.162 e. The minimum Gasteiger partial charge on any atom is -0.493 e. The number of nitrogens with zero attached hydrogens (tertiary/aromatic N) is 2. The Labute approximate surface area is 126 Å². The Bertz CT molecular complexity index is 588. The van der Waals surface area contributed by atoms with Crippen LogP contribution in [0, 0.1) is 5.41 Å². The van der Waals surface area contributed by atoms with Crippen LogP contribution in [0.3, 0.4) is 0 Å². The number of fused-ring (bicyclic) bond motifs is 1. The van der Waals surface area contributed by atoms with Gasteiger partial charge in [0, 0.05) is 15.6 Å². The SMILES string of the molecule is COc1cc2cc(C=NN(N)C=N)sc2cc1OC.Cl. The van der Waals surface area contributed by atoms with Gasteiger partial charge >= 0.3 is 0 Å². The van der Waals surface area contributed by atoms with E-state index in [4.69, 9.17) is 20.7 Å². The standard InChI is InChI=1S/C12H14N4O2S.ClH/c1-17-10-4-8-3-9(6-15-16(14)7-13)19-12(8)5-11(10)18-2;/h3-7,13H,14H2,1-2H3;1H. The minimum absolute atomic E-state index is 0. The van der Waals surface area contributed by atoms with E-state index in [0.717, 1.165) is 26.4 Å². The van der Waals surface area contributed by atoms with Gasteiger partial charge in [-0.2, -0.15) is 10.2 Å². The van der Waals surface area contributed by atoms with E-state index in [1.807, 2.05) is 18.2 Å². The molecule has 2 rings (SSSR count). The van der Waals surface area contributed by atoms with Gasteiger partial charge in [-0.1, -0.05) is 0 Å². The predicted octanol–water partition coefficient (Wildman–Crippen LogP) is 2.46. The van der Waals surface area contributed by atoms with Crippen LogP contribution in [0.1, 0.15) is 4.88 Å².